The van der Waals surface area contributed by atoms with Gasteiger partial charge in [0.25, 0.3) is 5.91 Å². The van der Waals surface area contributed by atoms with Gasteiger partial charge in [0, 0.05) is 4.47 Å². The minimum Gasteiger partial charge on any atom is -0.374 e. The van der Waals surface area contributed by atoms with Crippen LogP contribution in [0.4, 0.5) is 5.13 Å². The SMILES string of the molecule is Nc1nnc(SCC(=O)NNC(=O)c2ccccc2Br)s1. The molecule has 2 aromatic rings. The lowest BCUT2D eigenvalue weighted by atomic mass is 10.2. The molecule has 1 heterocycles. The van der Waals surface area contributed by atoms with E-state index in [0.29, 0.717) is 19.5 Å². The summed E-state index contributed by atoms with van der Waals surface area (Å²) in [5, 5.41) is 7.76. The van der Waals surface area contributed by atoms with Gasteiger partial charge in [-0.15, -0.1) is 10.2 Å². The molecule has 2 rings (SSSR count). The number of hydrogen-bond donors (Lipinski definition) is 3. The van der Waals surface area contributed by atoms with Gasteiger partial charge in [-0.05, 0) is 28.1 Å². The Bertz CT molecular complexity index is 664. The van der Waals surface area contributed by atoms with Crippen LogP contribution in [-0.4, -0.2) is 27.8 Å². The van der Waals surface area contributed by atoms with Crippen molar-refractivity contribution in [2.24, 2.45) is 0 Å². The van der Waals surface area contributed by atoms with Crippen LogP contribution in [0.15, 0.2) is 33.1 Å². The number of nitrogens with zero attached hydrogens (tertiary/aromatic N) is 2. The van der Waals surface area contributed by atoms with Gasteiger partial charge in [-0.25, -0.2) is 0 Å². The second-order valence-corrected chi connectivity index (χ2v) is 6.76. The van der Waals surface area contributed by atoms with Crippen molar-refractivity contribution in [3.8, 4) is 0 Å². The first-order chi connectivity index (χ1) is 10.1. The Labute approximate surface area is 136 Å². The minimum atomic E-state index is -0.402. The fraction of sp³-hybridized carbons (Fsp3) is 0.0909. The number of halogens is 1. The van der Waals surface area contributed by atoms with Crippen molar-refractivity contribution in [1.82, 2.24) is 21.0 Å². The highest BCUT2D eigenvalue weighted by atomic mass is 79.9. The largest absolute Gasteiger partial charge is 0.374 e. The second kappa shape index (κ2) is 7.38. The molecule has 1 aromatic carbocycles. The topological polar surface area (TPSA) is 110 Å². The van der Waals surface area contributed by atoms with Gasteiger partial charge in [0.15, 0.2) is 4.34 Å². The minimum absolute atomic E-state index is 0.102. The van der Waals surface area contributed by atoms with Crippen LogP contribution >= 0.6 is 39.0 Å². The van der Waals surface area contributed by atoms with Crippen LogP contribution in [0, 0.1) is 0 Å². The van der Waals surface area contributed by atoms with Crippen molar-refractivity contribution >= 4 is 56.0 Å². The Balaban J connectivity index is 1.79. The summed E-state index contributed by atoms with van der Waals surface area (Å²) in [6, 6.07) is 6.91. The third-order valence-electron chi connectivity index (χ3n) is 2.18. The van der Waals surface area contributed by atoms with Gasteiger partial charge >= 0.3 is 0 Å². The Kier molecular flexibility index (Phi) is 5.53. The van der Waals surface area contributed by atoms with Crippen molar-refractivity contribution in [3.05, 3.63) is 34.3 Å². The Morgan fingerprint density at radius 3 is 2.71 bits per heavy atom. The number of anilines is 1. The zero-order valence-corrected chi connectivity index (χ0v) is 13.7. The van der Waals surface area contributed by atoms with Crippen molar-refractivity contribution in [2.75, 3.05) is 11.5 Å². The van der Waals surface area contributed by atoms with Gasteiger partial charge in [0.1, 0.15) is 0 Å². The average molecular weight is 388 g/mol. The van der Waals surface area contributed by atoms with Gasteiger partial charge in [-0.1, -0.05) is 35.2 Å². The molecule has 1 aromatic heterocycles. The number of aromatic nitrogens is 2. The number of nitrogens with one attached hydrogen (secondary N) is 2. The molecule has 0 saturated heterocycles. The third-order valence-corrected chi connectivity index (χ3v) is 4.76. The summed E-state index contributed by atoms with van der Waals surface area (Å²) in [5.74, 6) is -0.652. The molecule has 4 N–H and O–H groups in total. The van der Waals surface area contributed by atoms with E-state index in [9.17, 15) is 9.59 Å². The molecule has 0 spiro atoms. The molecule has 0 aliphatic carbocycles. The fourth-order valence-corrected chi connectivity index (χ4v) is 3.18. The first kappa shape index (κ1) is 15.7. The van der Waals surface area contributed by atoms with Crippen molar-refractivity contribution in [3.63, 3.8) is 0 Å². The molecule has 0 fully saturated rings. The second-order valence-electron chi connectivity index (χ2n) is 3.68. The summed E-state index contributed by atoms with van der Waals surface area (Å²) in [6.45, 7) is 0. The van der Waals surface area contributed by atoms with E-state index in [1.54, 1.807) is 24.3 Å². The lowest BCUT2D eigenvalue weighted by Crippen LogP contribution is -2.42. The van der Waals surface area contributed by atoms with Crippen molar-refractivity contribution in [2.45, 2.75) is 4.34 Å². The van der Waals surface area contributed by atoms with E-state index in [1.807, 2.05) is 0 Å². The van der Waals surface area contributed by atoms with Crippen LogP contribution in [0.5, 0.6) is 0 Å². The normalized spacial score (nSPS) is 10.1. The maximum absolute atomic E-state index is 11.8. The summed E-state index contributed by atoms with van der Waals surface area (Å²) in [6.07, 6.45) is 0. The molecule has 0 atom stereocenters. The number of thioether (sulfide) groups is 1. The maximum Gasteiger partial charge on any atom is 0.270 e. The maximum atomic E-state index is 11.8. The summed E-state index contributed by atoms with van der Waals surface area (Å²) >= 11 is 5.65. The van der Waals surface area contributed by atoms with E-state index in [0.717, 1.165) is 0 Å². The molecule has 7 nitrogen and oxygen atoms in total. The molecule has 10 heteroatoms. The molecule has 110 valence electrons. The molecule has 0 aliphatic rings. The van der Waals surface area contributed by atoms with Crippen LogP contribution in [-0.2, 0) is 4.79 Å². The summed E-state index contributed by atoms with van der Waals surface area (Å²) in [4.78, 5) is 23.5. The summed E-state index contributed by atoms with van der Waals surface area (Å²) < 4.78 is 1.25. The summed E-state index contributed by atoms with van der Waals surface area (Å²) in [5.41, 5.74) is 10.5. The predicted molar refractivity (Wildman–Crippen MR) is 84.8 cm³/mol. The van der Waals surface area contributed by atoms with E-state index in [1.165, 1.54) is 23.1 Å². The van der Waals surface area contributed by atoms with Crippen molar-refractivity contribution < 1.29 is 9.59 Å². The van der Waals surface area contributed by atoms with E-state index in [4.69, 9.17) is 5.73 Å². The predicted octanol–water partition coefficient (Wildman–Crippen LogP) is 1.44. The Morgan fingerprint density at radius 1 is 1.29 bits per heavy atom. The number of carbonyl (C=O) groups excluding carboxylic acids is 2. The molecule has 0 aliphatic heterocycles. The summed E-state index contributed by atoms with van der Waals surface area (Å²) in [7, 11) is 0. The van der Waals surface area contributed by atoms with E-state index in [-0.39, 0.29) is 11.7 Å². The van der Waals surface area contributed by atoms with Gasteiger partial charge in [0.2, 0.25) is 11.0 Å². The highest BCUT2D eigenvalue weighted by Crippen LogP contribution is 2.22. The third kappa shape index (κ3) is 4.69. The van der Waals surface area contributed by atoms with Crippen LogP contribution in [0.25, 0.3) is 0 Å². The van der Waals surface area contributed by atoms with Crippen LogP contribution in [0.1, 0.15) is 10.4 Å². The number of rotatable bonds is 4. The first-order valence-electron chi connectivity index (χ1n) is 5.62. The van der Waals surface area contributed by atoms with E-state index < -0.39 is 5.91 Å². The van der Waals surface area contributed by atoms with Gasteiger partial charge in [-0.2, -0.15) is 0 Å². The van der Waals surface area contributed by atoms with Crippen molar-refractivity contribution in [1.29, 1.82) is 0 Å². The Morgan fingerprint density at radius 2 is 2.05 bits per heavy atom. The fourth-order valence-electron chi connectivity index (χ4n) is 1.28. The quantitative estimate of drug-likeness (QED) is 0.540. The average Bonchev–Trinajstić information content (AvgIpc) is 2.89. The van der Waals surface area contributed by atoms with Gasteiger partial charge < -0.3 is 5.73 Å². The number of benzene rings is 1. The highest BCUT2D eigenvalue weighted by molar-refractivity contribution is 9.10. The smallest absolute Gasteiger partial charge is 0.270 e. The lowest BCUT2D eigenvalue weighted by Gasteiger charge is -2.07. The molecule has 0 saturated carbocycles. The first-order valence-corrected chi connectivity index (χ1v) is 8.21. The zero-order valence-electron chi connectivity index (χ0n) is 10.5. The number of amides is 2. The van der Waals surface area contributed by atoms with Crippen LogP contribution in [0.2, 0.25) is 0 Å². The van der Waals surface area contributed by atoms with Gasteiger partial charge in [-0.3, -0.25) is 20.4 Å². The number of hydrogen-bond acceptors (Lipinski definition) is 7. The molecule has 2 amide bonds. The number of nitrogens with two attached hydrogens (primary N) is 1. The van der Waals surface area contributed by atoms with E-state index >= 15 is 0 Å². The standard InChI is InChI=1S/C11H10BrN5O2S2/c12-7-4-2-1-3-6(7)9(19)15-14-8(18)5-20-11-17-16-10(13)21-11/h1-4H,5H2,(H2,13,16)(H,14,18)(H,15,19). The zero-order chi connectivity index (χ0) is 15.2. The lowest BCUT2D eigenvalue weighted by molar-refractivity contribution is -0.119. The van der Waals surface area contributed by atoms with Gasteiger partial charge in [0.05, 0.1) is 11.3 Å². The van der Waals surface area contributed by atoms with Crippen LogP contribution in [0.3, 0.4) is 0 Å². The number of carbonyl (C=O) groups is 2. The Hall–Kier alpha value is -1.65. The molecule has 0 bridgehead atoms. The van der Waals surface area contributed by atoms with Crippen LogP contribution < -0.4 is 16.6 Å². The monoisotopic (exact) mass is 387 g/mol. The highest BCUT2D eigenvalue weighted by Gasteiger charge is 2.11. The number of hydrazine groups is 1. The molecular formula is C11H10BrN5O2S2. The molecule has 21 heavy (non-hydrogen) atoms. The molecule has 0 radical (unpaired) electrons. The number of nitrogen functional groups attached to an aromatic ring is 1. The van der Waals surface area contributed by atoms with E-state index in [2.05, 4.69) is 37.0 Å². The molecule has 0 unspecified atom stereocenters. The molecular weight excluding hydrogens is 378 g/mol.